The highest BCUT2D eigenvalue weighted by molar-refractivity contribution is 9.11. The standard InChI is InChI=1S/C46H61Br2NO2S5/c1-5-9-13-17-18-20-24-30(23-19-14-10-6-2)29-49-45(50)37-38(46(49)51)42(36-28-34-40(53-36)32(44(48)55-34)26-22-16-12-8-4)56-41(37)35-27-33-39(52-35)31(43(47)54-33)25-21-15-11-7-3/h27-28,30H,5-26,29H2,1-4H3. The van der Waals surface area contributed by atoms with Crippen molar-refractivity contribution in [1.82, 2.24) is 4.90 Å². The van der Waals surface area contributed by atoms with Crippen LogP contribution in [0.5, 0.6) is 0 Å². The van der Waals surface area contributed by atoms with Gasteiger partial charge in [0.2, 0.25) is 0 Å². The lowest BCUT2D eigenvalue weighted by Gasteiger charge is -2.23. The number of hydrogen-bond donors (Lipinski definition) is 0. The van der Waals surface area contributed by atoms with E-state index in [2.05, 4.69) is 71.7 Å². The molecule has 0 radical (unpaired) electrons. The van der Waals surface area contributed by atoms with Gasteiger partial charge in [0, 0.05) is 25.7 Å². The van der Waals surface area contributed by atoms with Gasteiger partial charge in [-0.15, -0.1) is 56.7 Å². The molecule has 1 unspecified atom stereocenters. The van der Waals surface area contributed by atoms with E-state index in [0.717, 1.165) is 45.2 Å². The van der Waals surface area contributed by atoms with Crippen LogP contribution < -0.4 is 0 Å². The number of carbonyl (C=O) groups is 2. The number of fused-ring (bicyclic) bond motifs is 3. The van der Waals surface area contributed by atoms with Gasteiger partial charge in [0.05, 0.1) is 37.9 Å². The molecule has 6 heterocycles. The second-order valence-corrected chi connectivity index (χ2v) is 23.8. The molecular formula is C46H61Br2NO2S5. The van der Waals surface area contributed by atoms with Crippen LogP contribution in [0.25, 0.3) is 38.3 Å². The first kappa shape index (κ1) is 44.7. The Morgan fingerprint density at radius 2 is 0.911 bits per heavy atom. The number of unbranched alkanes of at least 4 members (excludes halogenated alkanes) is 14. The lowest BCUT2D eigenvalue weighted by Crippen LogP contribution is -2.35. The van der Waals surface area contributed by atoms with Crippen LogP contribution in [0, 0.1) is 5.92 Å². The van der Waals surface area contributed by atoms with Crippen molar-refractivity contribution in [3.05, 3.63) is 42.0 Å². The van der Waals surface area contributed by atoms with Gasteiger partial charge in [-0.1, -0.05) is 130 Å². The van der Waals surface area contributed by atoms with E-state index in [0.29, 0.717) is 23.6 Å². The molecule has 0 saturated heterocycles. The molecule has 0 spiro atoms. The predicted molar refractivity (Wildman–Crippen MR) is 258 cm³/mol. The molecule has 1 aliphatic heterocycles. The summed E-state index contributed by atoms with van der Waals surface area (Å²) in [5.41, 5.74) is 4.14. The number of rotatable bonds is 26. The number of aryl methyl sites for hydroxylation is 2. The van der Waals surface area contributed by atoms with Crippen LogP contribution in [0.1, 0.15) is 188 Å². The number of imide groups is 1. The van der Waals surface area contributed by atoms with E-state index in [1.54, 1.807) is 16.2 Å². The van der Waals surface area contributed by atoms with E-state index < -0.39 is 0 Å². The zero-order chi connectivity index (χ0) is 39.6. The average molecular weight is 980 g/mol. The van der Waals surface area contributed by atoms with Crippen molar-refractivity contribution in [2.45, 2.75) is 169 Å². The lowest BCUT2D eigenvalue weighted by atomic mass is 9.93. The minimum absolute atomic E-state index is 0.0700. The summed E-state index contributed by atoms with van der Waals surface area (Å²) >= 11 is 16.8. The Morgan fingerprint density at radius 3 is 1.36 bits per heavy atom. The van der Waals surface area contributed by atoms with Crippen molar-refractivity contribution in [3.63, 3.8) is 0 Å². The minimum atomic E-state index is -0.0700. The number of nitrogens with zero attached hydrogens (tertiary/aromatic N) is 1. The fourth-order valence-electron chi connectivity index (χ4n) is 8.29. The molecule has 0 aromatic carbocycles. The molecule has 0 N–H and O–H groups in total. The van der Waals surface area contributed by atoms with Gasteiger partial charge in [0.15, 0.2) is 0 Å². The zero-order valence-electron chi connectivity index (χ0n) is 34.1. The summed E-state index contributed by atoms with van der Waals surface area (Å²) in [4.78, 5) is 35.5. The topological polar surface area (TPSA) is 37.4 Å². The third-order valence-corrected chi connectivity index (χ3v) is 19.6. The smallest absolute Gasteiger partial charge is 0.263 e. The van der Waals surface area contributed by atoms with Crippen molar-refractivity contribution in [1.29, 1.82) is 0 Å². The molecule has 2 amide bonds. The van der Waals surface area contributed by atoms with Crippen LogP contribution in [0.15, 0.2) is 19.7 Å². The van der Waals surface area contributed by atoms with Crippen LogP contribution in [0.4, 0.5) is 0 Å². The molecule has 0 saturated carbocycles. The van der Waals surface area contributed by atoms with Crippen LogP contribution in [-0.2, 0) is 12.8 Å². The van der Waals surface area contributed by atoms with Gasteiger partial charge in [-0.3, -0.25) is 14.5 Å². The van der Waals surface area contributed by atoms with E-state index in [1.807, 2.05) is 45.3 Å². The molecule has 10 heteroatoms. The van der Waals surface area contributed by atoms with Crippen molar-refractivity contribution >= 4 is 119 Å². The van der Waals surface area contributed by atoms with Crippen LogP contribution >= 0.6 is 88.5 Å². The zero-order valence-corrected chi connectivity index (χ0v) is 41.3. The van der Waals surface area contributed by atoms with E-state index in [1.165, 1.54) is 153 Å². The van der Waals surface area contributed by atoms with Crippen molar-refractivity contribution < 1.29 is 9.59 Å². The predicted octanol–water partition coefficient (Wildman–Crippen LogP) is 18.3. The fourth-order valence-corrected chi connectivity index (χ4v) is 16.8. The largest absolute Gasteiger partial charge is 0.274 e. The molecule has 0 bridgehead atoms. The quantitative estimate of drug-likeness (QED) is 0.0409. The summed E-state index contributed by atoms with van der Waals surface area (Å²) in [5, 5.41) is 0. The van der Waals surface area contributed by atoms with Gasteiger partial charge < -0.3 is 0 Å². The molecular weight excluding hydrogens is 919 g/mol. The number of thiophene rings is 5. The van der Waals surface area contributed by atoms with E-state index in [-0.39, 0.29) is 11.8 Å². The first-order chi connectivity index (χ1) is 27.3. The Kier molecular flexibility index (Phi) is 17.6. The highest BCUT2D eigenvalue weighted by atomic mass is 79.9. The van der Waals surface area contributed by atoms with Crippen molar-refractivity contribution in [3.8, 4) is 19.5 Å². The van der Waals surface area contributed by atoms with Crippen LogP contribution in [0.3, 0.4) is 0 Å². The van der Waals surface area contributed by atoms with E-state index in [9.17, 15) is 9.59 Å². The Balaban J connectivity index is 1.35. The summed E-state index contributed by atoms with van der Waals surface area (Å²) in [6.45, 7) is 9.60. The average Bonchev–Trinajstić information content (AvgIpc) is 4.02. The third kappa shape index (κ3) is 10.5. The summed E-state index contributed by atoms with van der Waals surface area (Å²) in [7, 11) is 0. The molecule has 56 heavy (non-hydrogen) atoms. The number of hydrogen-bond acceptors (Lipinski definition) is 7. The normalized spacial score (nSPS) is 13.7. The van der Waals surface area contributed by atoms with Crippen LogP contribution in [0.2, 0.25) is 0 Å². The molecule has 0 fully saturated rings. The van der Waals surface area contributed by atoms with Crippen LogP contribution in [-0.4, -0.2) is 23.3 Å². The highest BCUT2D eigenvalue weighted by Gasteiger charge is 2.43. The highest BCUT2D eigenvalue weighted by Crippen LogP contribution is 2.54. The molecule has 3 nitrogen and oxygen atoms in total. The molecule has 6 rings (SSSR count). The number of halogens is 2. The monoisotopic (exact) mass is 977 g/mol. The second kappa shape index (κ2) is 22.1. The fraction of sp³-hybridized carbons (Fsp3) is 0.609. The maximum absolute atomic E-state index is 14.8. The van der Waals surface area contributed by atoms with Gasteiger partial charge in [-0.25, -0.2) is 0 Å². The van der Waals surface area contributed by atoms with Gasteiger partial charge >= 0.3 is 0 Å². The number of carbonyl (C=O) groups excluding carboxylic acids is 2. The Morgan fingerprint density at radius 1 is 0.518 bits per heavy atom. The van der Waals surface area contributed by atoms with Crippen molar-refractivity contribution in [2.75, 3.05) is 6.54 Å². The molecule has 0 aliphatic carbocycles. The summed E-state index contributed by atoms with van der Waals surface area (Å²) in [6.07, 6.45) is 26.7. The molecule has 5 aromatic rings. The molecule has 5 aromatic heterocycles. The van der Waals surface area contributed by atoms with E-state index in [4.69, 9.17) is 0 Å². The maximum Gasteiger partial charge on any atom is 0.263 e. The minimum Gasteiger partial charge on any atom is -0.274 e. The molecule has 1 aliphatic rings. The Hall–Kier alpha value is -0.880. The third-order valence-electron chi connectivity index (χ3n) is 11.5. The van der Waals surface area contributed by atoms with Gasteiger partial charge in [-0.2, -0.15) is 0 Å². The van der Waals surface area contributed by atoms with E-state index >= 15 is 0 Å². The Bertz CT molecular complexity index is 1920. The maximum atomic E-state index is 14.8. The SMILES string of the molecule is CCCCCCCCC(CCCCCC)CN1C(=O)c2c(-c3cc4sc(Br)c(CCCCCC)c4s3)sc(-c3cc4sc(Br)c(CCCCCC)c4s3)c2C1=O. The summed E-state index contributed by atoms with van der Waals surface area (Å²) in [6, 6.07) is 4.60. The first-order valence-electron chi connectivity index (χ1n) is 21.8. The number of amides is 2. The van der Waals surface area contributed by atoms with Gasteiger partial charge in [0.25, 0.3) is 11.8 Å². The molecule has 306 valence electrons. The van der Waals surface area contributed by atoms with Gasteiger partial charge in [0.1, 0.15) is 0 Å². The van der Waals surface area contributed by atoms with Gasteiger partial charge in [-0.05, 0) is 99.6 Å². The second-order valence-electron chi connectivity index (χ2n) is 15.9. The summed E-state index contributed by atoms with van der Waals surface area (Å²) < 4.78 is 7.71. The lowest BCUT2D eigenvalue weighted by molar-refractivity contribution is 0.0622. The Labute approximate surface area is 373 Å². The molecule has 1 atom stereocenters. The van der Waals surface area contributed by atoms with Crippen molar-refractivity contribution in [2.24, 2.45) is 5.92 Å². The summed E-state index contributed by atoms with van der Waals surface area (Å²) in [5.74, 6) is 0.212. The first-order valence-corrected chi connectivity index (χ1v) is 27.4.